The van der Waals surface area contributed by atoms with Gasteiger partial charge in [0.15, 0.2) is 0 Å². The average Bonchev–Trinajstić information content (AvgIpc) is 3.47. The highest BCUT2D eigenvalue weighted by Gasteiger charge is 2.49. The number of piperazine rings is 1. The Morgan fingerprint density at radius 1 is 1.05 bits per heavy atom. The molecule has 206 valence electrons. The van der Waals surface area contributed by atoms with E-state index in [2.05, 4.69) is 40.2 Å². The van der Waals surface area contributed by atoms with Crippen LogP contribution < -0.4 is 15.0 Å². The molecule has 5 aliphatic rings. The van der Waals surface area contributed by atoms with Crippen LogP contribution in [-0.2, 0) is 0 Å². The third-order valence-corrected chi connectivity index (χ3v) is 9.67. The minimum atomic E-state index is -0.800. The van der Waals surface area contributed by atoms with Gasteiger partial charge in [-0.1, -0.05) is 30.3 Å². The van der Waals surface area contributed by atoms with Crippen molar-refractivity contribution in [2.45, 2.75) is 56.4 Å². The van der Waals surface area contributed by atoms with Gasteiger partial charge < -0.3 is 20.1 Å². The second-order valence-corrected chi connectivity index (χ2v) is 12.2. The van der Waals surface area contributed by atoms with Crippen molar-refractivity contribution in [3.63, 3.8) is 0 Å². The Kier molecular flexibility index (Phi) is 5.48. The van der Waals surface area contributed by atoms with Crippen LogP contribution in [0.2, 0.25) is 0 Å². The van der Waals surface area contributed by atoms with Gasteiger partial charge in [-0.15, -0.1) is 0 Å². The van der Waals surface area contributed by atoms with Crippen LogP contribution in [0.1, 0.15) is 31.2 Å². The van der Waals surface area contributed by atoms with Gasteiger partial charge >= 0.3 is 6.01 Å². The molecule has 4 atom stereocenters. The number of aromatic nitrogens is 2. The van der Waals surface area contributed by atoms with E-state index in [1.165, 1.54) is 6.42 Å². The number of nitrogens with zero attached hydrogens (tertiary/aromatic N) is 4. The zero-order valence-corrected chi connectivity index (χ0v) is 22.7. The van der Waals surface area contributed by atoms with Crippen LogP contribution in [0.15, 0.2) is 48.5 Å². The molecule has 4 aromatic rings. The summed E-state index contributed by atoms with van der Waals surface area (Å²) in [6, 6.07) is 17.3. The Morgan fingerprint density at radius 3 is 2.73 bits per heavy atom. The summed E-state index contributed by atoms with van der Waals surface area (Å²) in [7, 11) is 0. The molecular weight excluding hydrogens is 505 g/mol. The van der Waals surface area contributed by atoms with Gasteiger partial charge in [0.25, 0.3) is 0 Å². The number of phenolic OH excluding ortho intramolecular Hbond substituents is 1. The fourth-order valence-electron chi connectivity index (χ4n) is 7.75. The molecule has 0 saturated carbocycles. The van der Waals surface area contributed by atoms with E-state index in [4.69, 9.17) is 14.7 Å². The van der Waals surface area contributed by atoms with E-state index in [1.807, 2.05) is 24.3 Å². The Balaban J connectivity index is 1.24. The predicted molar refractivity (Wildman–Crippen MR) is 155 cm³/mol. The number of phenols is 1. The van der Waals surface area contributed by atoms with E-state index >= 15 is 0 Å². The Morgan fingerprint density at radius 2 is 1.88 bits per heavy atom. The lowest BCUT2D eigenvalue weighted by Crippen LogP contribution is -2.67. The van der Waals surface area contributed by atoms with Crippen molar-refractivity contribution in [1.82, 2.24) is 20.2 Å². The highest BCUT2D eigenvalue weighted by molar-refractivity contribution is 6.02. The number of anilines is 1. The lowest BCUT2D eigenvalue weighted by molar-refractivity contribution is 0.107. The largest absolute Gasteiger partial charge is 0.508 e. The fourth-order valence-corrected chi connectivity index (χ4v) is 7.75. The van der Waals surface area contributed by atoms with E-state index in [1.54, 1.807) is 6.07 Å². The van der Waals surface area contributed by atoms with Crippen LogP contribution in [0.25, 0.3) is 32.8 Å². The van der Waals surface area contributed by atoms with E-state index in [0.717, 1.165) is 76.7 Å². The predicted octanol–water partition coefficient (Wildman–Crippen LogP) is 4.97. The SMILES string of the molecule is Cc1c(-c2cc(O)cc3ccccc23)ccc2c(N3CC4CC(C3)N4)nc(OC[C@@]34CCCN3C[C@H](F)C4)nc12. The maximum absolute atomic E-state index is 14.4. The van der Waals surface area contributed by atoms with Gasteiger partial charge in [-0.3, -0.25) is 4.90 Å². The molecule has 0 amide bonds. The monoisotopic (exact) mass is 539 g/mol. The minimum absolute atomic E-state index is 0.240. The van der Waals surface area contributed by atoms with Gasteiger partial charge in [0, 0.05) is 43.5 Å². The van der Waals surface area contributed by atoms with Gasteiger partial charge in [0.2, 0.25) is 0 Å². The quantitative estimate of drug-likeness (QED) is 0.371. The standard InChI is InChI=1S/C32H34FN5O2/c1-19-25(28-13-24(39)11-20-5-2-3-6-26(20)28)7-8-27-29(19)35-31(36-30(27)37-16-22-12-23(17-37)34-22)40-18-32-9-4-10-38(32)15-21(33)14-32/h2-3,5-8,11,13,21-23,34,39H,4,9-10,12,14-18H2,1H3/t21-,22?,23?,32+/m1/s1. The third-order valence-electron chi connectivity index (χ3n) is 9.67. The van der Waals surface area contributed by atoms with E-state index in [9.17, 15) is 9.50 Å². The third kappa shape index (κ3) is 3.84. The summed E-state index contributed by atoms with van der Waals surface area (Å²) < 4.78 is 20.8. The molecule has 5 aliphatic heterocycles. The average molecular weight is 540 g/mol. The smallest absolute Gasteiger partial charge is 0.319 e. The molecule has 6 heterocycles. The van der Waals surface area contributed by atoms with Crippen LogP contribution in [0.5, 0.6) is 11.8 Å². The number of hydrogen-bond acceptors (Lipinski definition) is 7. The molecule has 2 unspecified atom stereocenters. The summed E-state index contributed by atoms with van der Waals surface area (Å²) in [5.41, 5.74) is 3.61. The van der Waals surface area contributed by atoms with Crippen LogP contribution in [0, 0.1) is 6.92 Å². The van der Waals surface area contributed by atoms with Crippen molar-refractivity contribution in [3.05, 3.63) is 54.1 Å². The Labute approximate surface area is 233 Å². The number of rotatable bonds is 5. The van der Waals surface area contributed by atoms with E-state index < -0.39 is 6.17 Å². The number of fused-ring (bicyclic) bond motifs is 5. The molecule has 8 heteroatoms. The Hall–Kier alpha value is -3.49. The van der Waals surface area contributed by atoms with Crippen LogP contribution >= 0.6 is 0 Å². The number of alkyl halides is 1. The number of aromatic hydroxyl groups is 1. The van der Waals surface area contributed by atoms with Crippen molar-refractivity contribution in [1.29, 1.82) is 0 Å². The highest BCUT2D eigenvalue weighted by Crippen LogP contribution is 2.42. The molecule has 0 spiro atoms. The second-order valence-electron chi connectivity index (χ2n) is 12.2. The first kappa shape index (κ1) is 24.3. The first-order chi connectivity index (χ1) is 19.5. The number of halogens is 1. The molecule has 9 rings (SSSR count). The maximum atomic E-state index is 14.4. The van der Waals surface area contributed by atoms with Gasteiger partial charge in [0.05, 0.1) is 11.1 Å². The van der Waals surface area contributed by atoms with Crippen molar-refractivity contribution in [3.8, 4) is 22.9 Å². The van der Waals surface area contributed by atoms with Gasteiger partial charge in [-0.2, -0.15) is 9.97 Å². The van der Waals surface area contributed by atoms with Gasteiger partial charge in [-0.25, -0.2) is 4.39 Å². The Bertz CT molecular complexity index is 1630. The molecule has 0 aliphatic carbocycles. The lowest BCUT2D eigenvalue weighted by Gasteiger charge is -2.48. The zero-order valence-electron chi connectivity index (χ0n) is 22.7. The summed E-state index contributed by atoms with van der Waals surface area (Å²) in [4.78, 5) is 14.6. The molecule has 7 nitrogen and oxygen atoms in total. The van der Waals surface area contributed by atoms with Crippen molar-refractivity contribution in [2.75, 3.05) is 37.7 Å². The number of piperidine rings is 1. The summed E-state index contributed by atoms with van der Waals surface area (Å²) >= 11 is 0. The normalized spacial score (nSPS) is 27.8. The fraction of sp³-hybridized carbons (Fsp3) is 0.438. The van der Waals surface area contributed by atoms with Crippen LogP contribution in [0.3, 0.4) is 0 Å². The van der Waals surface area contributed by atoms with E-state index in [0.29, 0.717) is 37.7 Å². The summed E-state index contributed by atoms with van der Waals surface area (Å²) in [5, 5.41) is 17.2. The molecule has 5 fully saturated rings. The van der Waals surface area contributed by atoms with Crippen molar-refractivity contribution >= 4 is 27.5 Å². The van der Waals surface area contributed by atoms with Crippen LogP contribution in [0.4, 0.5) is 10.2 Å². The van der Waals surface area contributed by atoms with Crippen LogP contribution in [-0.4, -0.2) is 76.6 Å². The zero-order chi connectivity index (χ0) is 27.0. The number of benzene rings is 3. The summed E-state index contributed by atoms with van der Waals surface area (Å²) in [5.74, 6) is 1.14. The molecule has 2 bridgehead atoms. The molecule has 40 heavy (non-hydrogen) atoms. The highest BCUT2D eigenvalue weighted by atomic mass is 19.1. The molecule has 0 radical (unpaired) electrons. The van der Waals surface area contributed by atoms with Crippen molar-refractivity contribution < 1.29 is 14.2 Å². The first-order valence-corrected chi connectivity index (χ1v) is 14.5. The topological polar surface area (TPSA) is 73.8 Å². The van der Waals surface area contributed by atoms with Crippen molar-refractivity contribution in [2.24, 2.45) is 0 Å². The molecule has 2 N–H and O–H groups in total. The second kappa shape index (κ2) is 9.01. The van der Waals surface area contributed by atoms with E-state index in [-0.39, 0.29) is 11.3 Å². The number of nitrogens with one attached hydrogen (secondary N) is 1. The number of aryl methyl sites for hydroxylation is 1. The molecule has 1 aromatic heterocycles. The number of ether oxygens (including phenoxy) is 1. The first-order valence-electron chi connectivity index (χ1n) is 14.5. The lowest BCUT2D eigenvalue weighted by atomic mass is 9.90. The summed E-state index contributed by atoms with van der Waals surface area (Å²) in [6.07, 6.45) is 2.94. The molecule has 3 aromatic carbocycles. The minimum Gasteiger partial charge on any atom is -0.508 e. The summed E-state index contributed by atoms with van der Waals surface area (Å²) in [6.45, 7) is 5.73. The number of hydrogen-bond donors (Lipinski definition) is 2. The molecular formula is C32H34FN5O2. The van der Waals surface area contributed by atoms with Gasteiger partial charge in [0.1, 0.15) is 24.3 Å². The molecule has 5 saturated heterocycles. The van der Waals surface area contributed by atoms with Gasteiger partial charge in [-0.05, 0) is 78.4 Å². The maximum Gasteiger partial charge on any atom is 0.319 e.